The van der Waals surface area contributed by atoms with Gasteiger partial charge in [0.1, 0.15) is 80.2 Å². The van der Waals surface area contributed by atoms with Gasteiger partial charge in [-0.25, -0.2) is 19.2 Å². The quantitative estimate of drug-likeness (QED) is 0.0272. The Labute approximate surface area is 783 Å². The fraction of sp³-hybridized carbons (Fsp3) is 0.364. The number of benzene rings is 10. The molecule has 0 saturated carbocycles. The van der Waals surface area contributed by atoms with Crippen molar-refractivity contribution in [3.05, 3.63) is 294 Å². The van der Waals surface area contributed by atoms with E-state index in [1.165, 1.54) is 61.2 Å². The van der Waals surface area contributed by atoms with Crippen molar-refractivity contribution < 1.29 is 76.4 Å². The summed E-state index contributed by atoms with van der Waals surface area (Å²) in [6.45, 7) is 16.0. The molecular weight excluding hydrogens is 1720 g/mol. The molecule has 12 atom stereocenters. The summed E-state index contributed by atoms with van der Waals surface area (Å²) in [5, 5.41) is 40.1. The van der Waals surface area contributed by atoms with Gasteiger partial charge in [0, 0.05) is 92.4 Å². The molecule has 2 unspecified atom stereocenters. The molecule has 20 rings (SSSR count). The Kier molecular flexibility index (Phi) is 25.4. The largest absolute Gasteiger partial charge is 0.507 e. The third-order valence-electron chi connectivity index (χ3n) is 28.9. The number of hydrogen-bond donors (Lipinski definition) is 3. The van der Waals surface area contributed by atoms with Gasteiger partial charge in [0.2, 0.25) is 13.6 Å². The van der Waals surface area contributed by atoms with Gasteiger partial charge < -0.3 is 67.8 Å². The maximum Gasteiger partial charge on any atom is 0.408 e. The number of carbonyl (C=O) groups is 4. The number of ether oxygens (including phenoxy) is 11. The van der Waals surface area contributed by atoms with E-state index in [0.717, 1.165) is 67.1 Å². The number of methoxy groups -OCH3 is 2. The van der Waals surface area contributed by atoms with Gasteiger partial charge >= 0.3 is 24.1 Å². The van der Waals surface area contributed by atoms with Crippen LogP contribution in [0.3, 0.4) is 0 Å². The number of piperazine rings is 2. The Hall–Kier alpha value is -12.7. The highest BCUT2D eigenvalue weighted by Gasteiger charge is 2.60. The summed E-state index contributed by atoms with van der Waals surface area (Å²) in [5.41, 5.74) is 24.7. The van der Waals surface area contributed by atoms with Crippen molar-refractivity contribution in [2.24, 2.45) is 0 Å². The van der Waals surface area contributed by atoms with Gasteiger partial charge in [-0.05, 0) is 181 Å². The minimum atomic E-state index is -1.07. The van der Waals surface area contributed by atoms with E-state index in [4.69, 9.17) is 52.1 Å². The minimum absolute atomic E-state index is 0.00902. The molecular formula is C107H108N8O16S2. The summed E-state index contributed by atoms with van der Waals surface area (Å²) in [4.78, 5) is 65.6. The number of nitriles is 2. The van der Waals surface area contributed by atoms with E-state index in [2.05, 4.69) is 200 Å². The number of thioether (sulfide) groups is 2. The normalized spacial score (nSPS) is 21.5. The molecule has 3 N–H and O–H groups in total. The number of rotatable bonds is 25. The average molecular weight is 1830 g/mol. The number of likely N-dealkylation sites (N-methyl/N-ethyl adjacent to an activating group) is 2. The first-order chi connectivity index (χ1) is 64.7. The van der Waals surface area contributed by atoms with Crippen LogP contribution in [-0.2, 0) is 67.4 Å². The molecule has 133 heavy (non-hydrogen) atoms. The number of hydrogen-bond acceptors (Lipinski definition) is 24. The average Bonchev–Trinajstić information content (AvgIpc) is 1.41. The molecule has 24 nitrogen and oxygen atoms in total. The lowest BCUT2D eigenvalue weighted by molar-refractivity contribution is -0.151. The molecule has 2 fully saturated rings. The molecule has 2 amide bonds. The predicted molar refractivity (Wildman–Crippen MR) is 507 cm³/mol. The highest BCUT2D eigenvalue weighted by molar-refractivity contribution is 7.99. The first kappa shape index (κ1) is 89.6. The molecule has 2 saturated heterocycles. The number of aromatic hydroxyl groups is 1. The highest BCUT2D eigenvalue weighted by atomic mass is 32.2. The van der Waals surface area contributed by atoms with E-state index in [1.54, 1.807) is 43.8 Å². The Balaban J connectivity index is 0.000000172. The number of aryl methyl sites for hydroxylation is 2. The molecule has 8 aliphatic heterocycles. The van der Waals surface area contributed by atoms with E-state index >= 15 is 0 Å². The number of amides is 2. The summed E-state index contributed by atoms with van der Waals surface area (Å²) in [6.07, 6.45) is 2.45. The number of nitrogens with one attached hydrogen (secondary N) is 2. The van der Waals surface area contributed by atoms with E-state index in [0.29, 0.717) is 82.6 Å². The van der Waals surface area contributed by atoms with Gasteiger partial charge in [0.05, 0.1) is 50.5 Å². The summed E-state index contributed by atoms with van der Waals surface area (Å²) in [7, 11) is 7.59. The molecule has 26 heteroatoms. The smallest absolute Gasteiger partial charge is 0.408 e. The number of fused-ring (bicyclic) bond motifs is 24. The van der Waals surface area contributed by atoms with Crippen molar-refractivity contribution in [2.45, 2.75) is 165 Å². The van der Waals surface area contributed by atoms with E-state index in [9.17, 15) is 34.8 Å². The molecule has 10 aromatic carbocycles. The standard InChI is InChI=1S/C55H56N4O8S.C52H52N4O8S/c1-7-21-63-51-33(4)52-53(67-30-66-52)48-40(51)24-44-49-47-32(3)50(62-6)31(2)22-35(47)23-43(58(49)5)45(25-56)59(44)46(48)27-64-54(60)42(57-55(61)65-26-34-15-9-8-10-16-34)29-68-28-41-38-19-13-11-17-36(38)37-18-12-14-20-39(37)41;1-28-19-32-20-40-42(22-53)56-41(46(55(40)4)44(32)29(2)48(28)60-5)21-37-45(50-49(63-27-64-50)30(3)47(37)57)43(56)24-61-51(58)39(54-52(59)62-23-31-13-7-6-8-14-31)26-65-25-38-35-17-11-9-15-33(35)34-16-10-12-18-36(34)38/h7-20,22,41-46,49H,1,21,23-24,26-30H2,2-6H3,(H,57,61);6-19,38-43,46,57H,20-21,23-27H2,1-5H3,(H,54,59)/t42-,43-,44?,45-,46-,49-;39-,40-,41?,42-,43-,46-/m00/s1. The number of esters is 2. The highest BCUT2D eigenvalue weighted by Crippen LogP contribution is 2.61. The van der Waals surface area contributed by atoms with Crippen LogP contribution < -0.4 is 43.8 Å². The van der Waals surface area contributed by atoms with Crippen LogP contribution >= 0.6 is 23.5 Å². The van der Waals surface area contributed by atoms with Crippen LogP contribution in [0.25, 0.3) is 22.3 Å². The number of carbonyl (C=O) groups excluding carboxylic acids is 4. The molecule has 684 valence electrons. The molecule has 0 spiro atoms. The second kappa shape index (κ2) is 37.8. The van der Waals surface area contributed by atoms with Crippen LogP contribution in [0.4, 0.5) is 9.59 Å². The van der Waals surface area contributed by atoms with E-state index in [1.807, 2.05) is 74.5 Å². The Morgan fingerprint density at radius 2 is 0.872 bits per heavy atom. The Morgan fingerprint density at radius 1 is 0.489 bits per heavy atom. The molecule has 10 aromatic rings. The van der Waals surface area contributed by atoms with E-state index in [-0.39, 0.29) is 112 Å². The lowest BCUT2D eigenvalue weighted by Gasteiger charge is -2.60. The van der Waals surface area contributed by atoms with Gasteiger partial charge in [-0.15, -0.1) is 0 Å². The van der Waals surface area contributed by atoms with Crippen molar-refractivity contribution in [1.82, 2.24) is 30.2 Å². The molecule has 2 aliphatic carbocycles. The summed E-state index contributed by atoms with van der Waals surface area (Å²) in [6, 6.07) is 56.3. The summed E-state index contributed by atoms with van der Waals surface area (Å²) >= 11 is 3.14. The monoisotopic (exact) mass is 1820 g/mol. The van der Waals surface area contributed by atoms with Gasteiger partial charge in [0.25, 0.3) is 0 Å². The molecule has 0 aromatic heterocycles. The molecule has 10 aliphatic rings. The van der Waals surface area contributed by atoms with Crippen LogP contribution in [0.5, 0.6) is 46.0 Å². The van der Waals surface area contributed by atoms with Crippen LogP contribution in [0.1, 0.15) is 147 Å². The van der Waals surface area contributed by atoms with Gasteiger partial charge in [0.15, 0.2) is 23.0 Å². The van der Waals surface area contributed by atoms with E-state index < -0.39 is 60.4 Å². The van der Waals surface area contributed by atoms with Crippen molar-refractivity contribution in [3.8, 4) is 80.4 Å². The molecule has 4 bridgehead atoms. The number of phenols is 1. The fourth-order valence-corrected chi connectivity index (χ4v) is 25.5. The van der Waals surface area contributed by atoms with Crippen molar-refractivity contribution in [1.29, 1.82) is 10.5 Å². The zero-order chi connectivity index (χ0) is 92.3. The number of nitrogens with zero attached hydrogens (tertiary/aromatic N) is 6. The third-order valence-corrected chi connectivity index (χ3v) is 31.1. The second-order valence-electron chi connectivity index (χ2n) is 36.0. The van der Waals surface area contributed by atoms with Crippen LogP contribution in [0, 0.1) is 64.2 Å². The first-order valence-electron chi connectivity index (χ1n) is 45.5. The predicted octanol–water partition coefficient (Wildman–Crippen LogP) is 17.3. The number of phenolic OH excluding ortho intramolecular Hbond substituents is 1. The van der Waals surface area contributed by atoms with Crippen LogP contribution in [-0.4, -0.2) is 182 Å². The van der Waals surface area contributed by atoms with Crippen molar-refractivity contribution >= 4 is 47.6 Å². The molecule has 8 heterocycles. The second-order valence-corrected chi connectivity index (χ2v) is 38.1. The Bertz CT molecular complexity index is 6230. The van der Waals surface area contributed by atoms with Gasteiger partial charge in [-0.1, -0.05) is 183 Å². The Morgan fingerprint density at radius 3 is 1.28 bits per heavy atom. The summed E-state index contributed by atoms with van der Waals surface area (Å²) < 4.78 is 67.2. The van der Waals surface area contributed by atoms with Gasteiger partial charge in [-0.3, -0.25) is 19.6 Å². The maximum atomic E-state index is 14.8. The maximum absolute atomic E-state index is 14.8. The molecule has 0 radical (unpaired) electrons. The SMILES string of the molecule is C=CCOc1c(C)c2c(c3c1CC1[C@H]4c5c(cc(C)c(OC)c5C)C[C@@H]([C@H](C#N)N1[C@H]3COC(=O)[C@H](CSCC1c3ccccc3-c3ccccc31)NC(=O)OCc1ccccc1)N4C)OCO2.COc1c(C)cc2c(c1C)[C@@H]1C3Cc4c(O)c(C)c5c(c4[C@H](COC(=O)[C@H](CSCC4c6ccccc6-c6ccccc64)NC(=O)OCc4ccccc4)N3[C@@H](C#N)[C@H](C2)N1C)OCO5. The van der Waals surface area contributed by atoms with Crippen molar-refractivity contribution in [2.75, 3.05) is 84.7 Å². The third kappa shape index (κ3) is 16.1. The summed E-state index contributed by atoms with van der Waals surface area (Å²) in [5.74, 6) is 5.21. The number of alkyl carbamates (subject to hydrolysis) is 2. The van der Waals surface area contributed by atoms with Crippen LogP contribution in [0.2, 0.25) is 0 Å². The lowest BCUT2D eigenvalue weighted by atomic mass is 9.71. The van der Waals surface area contributed by atoms with Crippen molar-refractivity contribution in [3.63, 3.8) is 0 Å². The topological polar surface area (TPSA) is 275 Å². The fourth-order valence-electron chi connectivity index (χ4n) is 23.2. The van der Waals surface area contributed by atoms with Crippen LogP contribution in [0.15, 0.2) is 183 Å². The zero-order valence-corrected chi connectivity index (χ0v) is 77.8. The van der Waals surface area contributed by atoms with Gasteiger partial charge in [-0.2, -0.15) is 34.0 Å². The first-order valence-corrected chi connectivity index (χ1v) is 47.8. The minimum Gasteiger partial charge on any atom is -0.507 e. The zero-order valence-electron chi connectivity index (χ0n) is 76.2. The lowest BCUT2D eigenvalue weighted by Crippen LogP contribution is -2.68.